The van der Waals surface area contributed by atoms with Crippen LogP contribution < -0.4 is 0 Å². The molecule has 0 unspecified atom stereocenters. The van der Waals surface area contributed by atoms with Gasteiger partial charge in [0.25, 0.3) is 5.91 Å². The number of hydrogen-bond acceptors (Lipinski definition) is 2. The SMILES string of the molecule is O=C(c1ccc(Cl)o1)N1CCC(C(F)(F)F)CC1. The second-order valence-electron chi connectivity index (χ2n) is 4.21. The Morgan fingerprint density at radius 2 is 1.94 bits per heavy atom. The molecule has 0 aromatic carbocycles. The van der Waals surface area contributed by atoms with E-state index < -0.39 is 18.0 Å². The molecule has 1 aromatic rings. The molecule has 0 saturated carbocycles. The second-order valence-corrected chi connectivity index (χ2v) is 4.58. The molecule has 1 aliphatic rings. The van der Waals surface area contributed by atoms with Crippen molar-refractivity contribution in [1.82, 2.24) is 4.90 Å². The Morgan fingerprint density at radius 3 is 2.39 bits per heavy atom. The third-order valence-electron chi connectivity index (χ3n) is 3.03. The number of alkyl halides is 3. The second kappa shape index (κ2) is 4.84. The molecule has 0 aliphatic carbocycles. The topological polar surface area (TPSA) is 33.5 Å². The summed E-state index contributed by atoms with van der Waals surface area (Å²) in [5.41, 5.74) is 0. The third-order valence-corrected chi connectivity index (χ3v) is 3.23. The van der Waals surface area contributed by atoms with Gasteiger partial charge in [0.15, 0.2) is 11.0 Å². The van der Waals surface area contributed by atoms with Gasteiger partial charge in [-0.2, -0.15) is 13.2 Å². The highest BCUT2D eigenvalue weighted by Crippen LogP contribution is 2.34. The van der Waals surface area contributed by atoms with Crippen LogP contribution >= 0.6 is 11.6 Å². The average molecular weight is 282 g/mol. The Morgan fingerprint density at radius 1 is 1.33 bits per heavy atom. The summed E-state index contributed by atoms with van der Waals surface area (Å²) >= 11 is 5.54. The van der Waals surface area contributed by atoms with E-state index in [4.69, 9.17) is 16.0 Å². The van der Waals surface area contributed by atoms with Gasteiger partial charge in [-0.05, 0) is 36.6 Å². The first-order valence-electron chi connectivity index (χ1n) is 5.49. The van der Waals surface area contributed by atoms with Gasteiger partial charge in [0.1, 0.15) is 0 Å². The van der Waals surface area contributed by atoms with E-state index >= 15 is 0 Å². The quantitative estimate of drug-likeness (QED) is 0.791. The Balaban J connectivity index is 1.96. The molecule has 7 heteroatoms. The van der Waals surface area contributed by atoms with E-state index in [0.29, 0.717) is 0 Å². The van der Waals surface area contributed by atoms with E-state index in [-0.39, 0.29) is 36.9 Å². The van der Waals surface area contributed by atoms with Crippen molar-refractivity contribution in [3.8, 4) is 0 Å². The van der Waals surface area contributed by atoms with Gasteiger partial charge >= 0.3 is 6.18 Å². The van der Waals surface area contributed by atoms with Crippen molar-refractivity contribution in [3.63, 3.8) is 0 Å². The number of nitrogens with zero attached hydrogens (tertiary/aromatic N) is 1. The Kier molecular flexibility index (Phi) is 3.56. The lowest BCUT2D eigenvalue weighted by atomic mass is 9.96. The maximum Gasteiger partial charge on any atom is 0.391 e. The number of carbonyl (C=O) groups excluding carboxylic acids is 1. The van der Waals surface area contributed by atoms with Gasteiger partial charge in [-0.1, -0.05) is 0 Å². The lowest BCUT2D eigenvalue weighted by molar-refractivity contribution is -0.183. The number of hydrogen-bond donors (Lipinski definition) is 0. The normalized spacial score (nSPS) is 18.1. The molecule has 1 saturated heterocycles. The number of piperidine rings is 1. The zero-order chi connectivity index (χ0) is 13.3. The molecular formula is C11H11ClF3NO2. The summed E-state index contributed by atoms with van der Waals surface area (Å²) in [5, 5.41) is 0.0866. The van der Waals surface area contributed by atoms with Crippen molar-refractivity contribution in [2.75, 3.05) is 13.1 Å². The summed E-state index contributed by atoms with van der Waals surface area (Å²) in [6.45, 7) is 0.169. The van der Waals surface area contributed by atoms with Crippen LogP contribution in [-0.2, 0) is 0 Å². The van der Waals surface area contributed by atoms with Crippen LogP contribution in [-0.4, -0.2) is 30.1 Å². The van der Waals surface area contributed by atoms with Gasteiger partial charge in [-0.25, -0.2) is 0 Å². The molecule has 18 heavy (non-hydrogen) atoms. The summed E-state index contributed by atoms with van der Waals surface area (Å²) in [6, 6.07) is 2.85. The summed E-state index contributed by atoms with van der Waals surface area (Å²) < 4.78 is 42.3. The molecule has 0 atom stereocenters. The molecule has 1 aromatic heterocycles. The highest BCUT2D eigenvalue weighted by atomic mass is 35.5. The highest BCUT2D eigenvalue weighted by Gasteiger charge is 2.41. The molecule has 1 fully saturated rings. The predicted molar refractivity (Wildman–Crippen MR) is 58.4 cm³/mol. The van der Waals surface area contributed by atoms with Crippen molar-refractivity contribution >= 4 is 17.5 Å². The average Bonchev–Trinajstić information content (AvgIpc) is 2.74. The van der Waals surface area contributed by atoms with E-state index in [1.807, 2.05) is 0 Å². The van der Waals surface area contributed by atoms with Crippen molar-refractivity contribution in [2.45, 2.75) is 19.0 Å². The number of rotatable bonds is 1. The maximum absolute atomic E-state index is 12.5. The molecule has 0 spiro atoms. The van der Waals surface area contributed by atoms with Gasteiger partial charge < -0.3 is 9.32 Å². The molecule has 3 nitrogen and oxygen atoms in total. The fraction of sp³-hybridized carbons (Fsp3) is 0.545. The van der Waals surface area contributed by atoms with Crippen LogP contribution in [0.5, 0.6) is 0 Å². The fourth-order valence-corrected chi connectivity index (χ4v) is 2.14. The van der Waals surface area contributed by atoms with Gasteiger partial charge in [0.05, 0.1) is 5.92 Å². The number of carbonyl (C=O) groups is 1. The van der Waals surface area contributed by atoms with E-state index in [1.165, 1.54) is 17.0 Å². The number of amides is 1. The number of likely N-dealkylation sites (tertiary alicyclic amines) is 1. The fourth-order valence-electron chi connectivity index (χ4n) is 1.99. The largest absolute Gasteiger partial charge is 0.440 e. The maximum atomic E-state index is 12.5. The standard InChI is InChI=1S/C11H11ClF3NO2/c12-9-2-1-8(18-9)10(17)16-5-3-7(4-6-16)11(13,14)15/h1-2,7H,3-6H2. The summed E-state index contributed by atoms with van der Waals surface area (Å²) in [5.74, 6) is -1.67. The predicted octanol–water partition coefficient (Wildman–Crippen LogP) is 3.35. The summed E-state index contributed by atoms with van der Waals surface area (Å²) in [6.07, 6.45) is -4.31. The Labute approximate surface area is 106 Å². The first-order chi connectivity index (χ1) is 8.38. The molecule has 0 bridgehead atoms. The first-order valence-corrected chi connectivity index (χ1v) is 5.87. The minimum absolute atomic E-state index is 0.0606. The molecule has 1 amide bonds. The lowest BCUT2D eigenvalue weighted by Gasteiger charge is -2.32. The van der Waals surface area contributed by atoms with Crippen LogP contribution in [0.25, 0.3) is 0 Å². The van der Waals surface area contributed by atoms with Crippen molar-refractivity contribution < 1.29 is 22.4 Å². The van der Waals surface area contributed by atoms with Crippen LogP contribution in [0.4, 0.5) is 13.2 Å². The molecular weight excluding hydrogens is 271 g/mol. The highest BCUT2D eigenvalue weighted by molar-refractivity contribution is 6.29. The zero-order valence-corrected chi connectivity index (χ0v) is 10.1. The van der Waals surface area contributed by atoms with Gasteiger partial charge in [-0.3, -0.25) is 4.79 Å². The third kappa shape index (κ3) is 2.80. The Hall–Kier alpha value is -1.17. The monoisotopic (exact) mass is 281 g/mol. The molecule has 100 valence electrons. The first kappa shape index (κ1) is 13.3. The number of halogens is 4. The number of furan rings is 1. The molecule has 2 heterocycles. The van der Waals surface area contributed by atoms with E-state index in [1.54, 1.807) is 0 Å². The molecule has 1 aliphatic heterocycles. The lowest BCUT2D eigenvalue weighted by Crippen LogP contribution is -2.42. The minimum atomic E-state index is -4.18. The van der Waals surface area contributed by atoms with Crippen molar-refractivity contribution in [3.05, 3.63) is 23.1 Å². The minimum Gasteiger partial charge on any atom is -0.440 e. The molecule has 0 N–H and O–H groups in total. The van der Waals surface area contributed by atoms with Crippen LogP contribution in [0.15, 0.2) is 16.5 Å². The van der Waals surface area contributed by atoms with Gasteiger partial charge in [-0.15, -0.1) is 0 Å². The van der Waals surface area contributed by atoms with Crippen LogP contribution in [0.1, 0.15) is 23.4 Å². The van der Waals surface area contributed by atoms with Gasteiger partial charge in [0.2, 0.25) is 0 Å². The van der Waals surface area contributed by atoms with E-state index in [0.717, 1.165) is 0 Å². The van der Waals surface area contributed by atoms with Gasteiger partial charge in [0, 0.05) is 13.1 Å². The summed E-state index contributed by atoms with van der Waals surface area (Å²) in [4.78, 5) is 13.2. The van der Waals surface area contributed by atoms with E-state index in [9.17, 15) is 18.0 Å². The van der Waals surface area contributed by atoms with Crippen LogP contribution in [0, 0.1) is 5.92 Å². The van der Waals surface area contributed by atoms with Crippen molar-refractivity contribution in [1.29, 1.82) is 0 Å². The molecule has 0 radical (unpaired) electrons. The molecule has 2 rings (SSSR count). The van der Waals surface area contributed by atoms with Crippen LogP contribution in [0.3, 0.4) is 0 Å². The smallest absolute Gasteiger partial charge is 0.391 e. The van der Waals surface area contributed by atoms with Crippen molar-refractivity contribution in [2.24, 2.45) is 5.92 Å². The van der Waals surface area contributed by atoms with E-state index in [2.05, 4.69) is 0 Å². The summed E-state index contributed by atoms with van der Waals surface area (Å²) in [7, 11) is 0. The Bertz CT molecular complexity index is 436. The zero-order valence-electron chi connectivity index (χ0n) is 9.34. The van der Waals surface area contributed by atoms with Crippen LogP contribution in [0.2, 0.25) is 5.22 Å².